The molecule has 0 spiro atoms. The molecule has 0 saturated heterocycles. The van der Waals surface area contributed by atoms with Gasteiger partial charge in [-0.25, -0.2) is 4.98 Å². The zero-order valence-corrected chi connectivity index (χ0v) is 17.3. The van der Waals surface area contributed by atoms with Gasteiger partial charge < -0.3 is 4.42 Å². The summed E-state index contributed by atoms with van der Waals surface area (Å²) in [6, 6.07) is 13.9. The highest BCUT2D eigenvalue weighted by Crippen LogP contribution is 2.28. The average Bonchev–Trinajstić information content (AvgIpc) is 3.31. The number of aromatic nitrogens is 2. The van der Waals surface area contributed by atoms with Crippen LogP contribution in [-0.2, 0) is 6.54 Å². The lowest BCUT2D eigenvalue weighted by Crippen LogP contribution is -2.23. The Hall–Kier alpha value is -2.57. The Bertz CT molecular complexity index is 1170. The van der Waals surface area contributed by atoms with E-state index in [2.05, 4.69) is 24.3 Å². The van der Waals surface area contributed by atoms with Gasteiger partial charge in [0.15, 0.2) is 5.16 Å². The van der Waals surface area contributed by atoms with Crippen molar-refractivity contribution in [3.05, 3.63) is 86.9 Å². The summed E-state index contributed by atoms with van der Waals surface area (Å²) in [5.41, 5.74) is 2.17. The Balaban J connectivity index is 1.67. The molecule has 0 radical (unpaired) electrons. The van der Waals surface area contributed by atoms with Crippen molar-refractivity contribution < 1.29 is 4.42 Å². The number of thiophene rings is 1. The Kier molecular flexibility index (Phi) is 5.50. The first-order chi connectivity index (χ1) is 13.6. The minimum absolute atomic E-state index is 0.00205. The predicted octanol–water partition coefficient (Wildman–Crippen LogP) is 5.52. The van der Waals surface area contributed by atoms with Crippen LogP contribution in [-0.4, -0.2) is 15.3 Å². The lowest BCUT2D eigenvalue weighted by molar-refractivity contribution is 0.477. The van der Waals surface area contributed by atoms with E-state index in [0.717, 1.165) is 37.7 Å². The van der Waals surface area contributed by atoms with Crippen LogP contribution in [0.3, 0.4) is 0 Å². The second kappa shape index (κ2) is 8.20. The number of furan rings is 1. The molecular weight excluding hydrogens is 388 g/mol. The average molecular weight is 409 g/mol. The van der Waals surface area contributed by atoms with E-state index in [4.69, 9.17) is 9.40 Å². The maximum atomic E-state index is 13.2. The zero-order valence-electron chi connectivity index (χ0n) is 15.7. The highest BCUT2D eigenvalue weighted by Gasteiger charge is 2.17. The molecule has 0 aliphatic carbocycles. The molecule has 0 amide bonds. The predicted molar refractivity (Wildman–Crippen MR) is 117 cm³/mol. The molecule has 0 unspecified atom stereocenters. The number of fused-ring (bicyclic) bond motifs is 1. The van der Waals surface area contributed by atoms with Crippen molar-refractivity contribution in [3.63, 3.8) is 0 Å². The van der Waals surface area contributed by atoms with E-state index in [1.54, 1.807) is 33.9 Å². The van der Waals surface area contributed by atoms with Crippen LogP contribution in [0.2, 0.25) is 0 Å². The molecule has 6 heteroatoms. The third-order valence-electron chi connectivity index (χ3n) is 4.57. The van der Waals surface area contributed by atoms with Crippen molar-refractivity contribution >= 4 is 39.4 Å². The Morgan fingerprint density at radius 1 is 1.18 bits per heavy atom. The molecule has 0 saturated carbocycles. The number of hydrogen-bond donors (Lipinski definition) is 0. The molecule has 1 aromatic carbocycles. The van der Waals surface area contributed by atoms with Crippen molar-refractivity contribution in [1.29, 1.82) is 0 Å². The Morgan fingerprint density at radius 3 is 2.75 bits per heavy atom. The van der Waals surface area contributed by atoms with Gasteiger partial charge in [-0.3, -0.25) is 9.36 Å². The van der Waals surface area contributed by atoms with Gasteiger partial charge in [0.1, 0.15) is 10.6 Å². The summed E-state index contributed by atoms with van der Waals surface area (Å²) in [5.74, 6) is 1.48. The van der Waals surface area contributed by atoms with Crippen molar-refractivity contribution in [2.24, 2.45) is 0 Å². The first-order valence-electron chi connectivity index (χ1n) is 9.01. The number of hydrogen-bond acceptors (Lipinski definition) is 5. The van der Waals surface area contributed by atoms with Crippen LogP contribution >= 0.6 is 23.1 Å². The molecule has 0 fully saturated rings. The van der Waals surface area contributed by atoms with E-state index < -0.39 is 0 Å². The Labute approximate surface area is 171 Å². The summed E-state index contributed by atoms with van der Waals surface area (Å²) >= 11 is 3.14. The largest absolute Gasteiger partial charge is 0.467 e. The molecule has 4 nitrogen and oxygen atoms in total. The van der Waals surface area contributed by atoms with Crippen LogP contribution in [0.15, 0.2) is 69.2 Å². The van der Waals surface area contributed by atoms with Gasteiger partial charge in [0.2, 0.25) is 0 Å². The number of benzene rings is 1. The van der Waals surface area contributed by atoms with E-state index in [-0.39, 0.29) is 5.56 Å². The SMILES string of the molecule is Cc1sc2nc(SCC=Cc3ccccc3)n(Cc3ccco3)c(=O)c2c1C. The summed E-state index contributed by atoms with van der Waals surface area (Å²) < 4.78 is 7.19. The van der Waals surface area contributed by atoms with E-state index in [0.29, 0.717) is 11.7 Å². The summed E-state index contributed by atoms with van der Waals surface area (Å²) in [4.78, 5) is 20.0. The molecule has 0 atom stereocenters. The number of nitrogens with zero attached hydrogens (tertiary/aromatic N) is 2. The third kappa shape index (κ3) is 3.84. The minimum Gasteiger partial charge on any atom is -0.467 e. The van der Waals surface area contributed by atoms with Crippen molar-refractivity contribution in [3.8, 4) is 0 Å². The fourth-order valence-electron chi connectivity index (χ4n) is 2.99. The van der Waals surface area contributed by atoms with Gasteiger partial charge in [-0.15, -0.1) is 11.3 Å². The van der Waals surface area contributed by atoms with E-state index in [1.165, 1.54) is 0 Å². The molecule has 3 heterocycles. The summed E-state index contributed by atoms with van der Waals surface area (Å²) in [6.07, 6.45) is 5.81. The van der Waals surface area contributed by atoms with E-state index >= 15 is 0 Å². The molecule has 0 aliphatic rings. The fraction of sp³-hybridized carbons (Fsp3) is 0.182. The van der Waals surface area contributed by atoms with Crippen LogP contribution in [0.1, 0.15) is 21.8 Å². The van der Waals surface area contributed by atoms with Gasteiger partial charge in [0.25, 0.3) is 5.56 Å². The molecule has 3 aromatic heterocycles. The van der Waals surface area contributed by atoms with Gasteiger partial charge in [-0.1, -0.05) is 54.2 Å². The van der Waals surface area contributed by atoms with Crippen molar-refractivity contribution in [2.75, 3.05) is 5.75 Å². The van der Waals surface area contributed by atoms with Gasteiger partial charge >= 0.3 is 0 Å². The molecule has 0 aliphatic heterocycles. The molecular formula is C22H20N2O2S2. The van der Waals surface area contributed by atoms with Crippen LogP contribution in [0.4, 0.5) is 0 Å². The van der Waals surface area contributed by atoms with Crippen molar-refractivity contribution in [2.45, 2.75) is 25.5 Å². The number of aryl methyl sites for hydroxylation is 2. The normalized spacial score (nSPS) is 11.6. The summed E-state index contributed by atoms with van der Waals surface area (Å²) in [7, 11) is 0. The minimum atomic E-state index is -0.00205. The van der Waals surface area contributed by atoms with Gasteiger partial charge in [-0.05, 0) is 37.1 Å². The first-order valence-corrected chi connectivity index (χ1v) is 10.8. The van der Waals surface area contributed by atoms with Crippen LogP contribution in [0, 0.1) is 13.8 Å². The highest BCUT2D eigenvalue weighted by molar-refractivity contribution is 7.99. The smallest absolute Gasteiger partial charge is 0.263 e. The molecule has 0 N–H and O–H groups in total. The fourth-order valence-corrected chi connectivity index (χ4v) is 4.87. The van der Waals surface area contributed by atoms with E-state index in [9.17, 15) is 4.79 Å². The molecule has 142 valence electrons. The molecule has 28 heavy (non-hydrogen) atoms. The summed E-state index contributed by atoms with van der Waals surface area (Å²) in [6.45, 7) is 4.41. The topological polar surface area (TPSA) is 48.0 Å². The molecule has 4 rings (SSSR count). The molecule has 0 bridgehead atoms. The number of thioether (sulfide) groups is 1. The zero-order chi connectivity index (χ0) is 19.5. The second-order valence-electron chi connectivity index (χ2n) is 6.45. The maximum Gasteiger partial charge on any atom is 0.263 e. The lowest BCUT2D eigenvalue weighted by Gasteiger charge is -2.10. The second-order valence-corrected chi connectivity index (χ2v) is 8.64. The number of rotatable bonds is 6. The van der Waals surface area contributed by atoms with Gasteiger partial charge in [-0.2, -0.15) is 0 Å². The van der Waals surface area contributed by atoms with Gasteiger partial charge in [0.05, 0.1) is 18.2 Å². The first kappa shape index (κ1) is 18.8. The van der Waals surface area contributed by atoms with Crippen LogP contribution in [0.25, 0.3) is 16.3 Å². The monoisotopic (exact) mass is 408 g/mol. The third-order valence-corrected chi connectivity index (χ3v) is 6.60. The van der Waals surface area contributed by atoms with Gasteiger partial charge in [0, 0.05) is 10.6 Å². The highest BCUT2D eigenvalue weighted by atomic mass is 32.2. The maximum absolute atomic E-state index is 13.2. The Morgan fingerprint density at radius 2 is 2.00 bits per heavy atom. The standard InChI is InChI=1S/C22H20N2O2S2/c1-15-16(2)28-20-19(15)21(25)24(14-18-11-6-12-26-18)22(23-20)27-13-7-10-17-8-4-3-5-9-17/h3-12H,13-14H2,1-2H3. The summed E-state index contributed by atoms with van der Waals surface area (Å²) in [5, 5.41) is 1.44. The lowest BCUT2D eigenvalue weighted by atomic mass is 10.2. The van der Waals surface area contributed by atoms with Crippen LogP contribution in [0.5, 0.6) is 0 Å². The molecule has 4 aromatic rings. The van der Waals surface area contributed by atoms with E-state index in [1.807, 2.05) is 44.2 Å². The van der Waals surface area contributed by atoms with Crippen molar-refractivity contribution in [1.82, 2.24) is 9.55 Å². The quantitative estimate of drug-likeness (QED) is 0.311. The van der Waals surface area contributed by atoms with Crippen LogP contribution < -0.4 is 5.56 Å².